The number of rotatable bonds is 7. The number of ether oxygens (including phenoxy) is 2. The molecule has 0 aliphatic carbocycles. The predicted octanol–water partition coefficient (Wildman–Crippen LogP) is 1.18. The zero-order valence-corrected chi connectivity index (χ0v) is 20.3. The molecule has 1 fully saturated rings. The summed E-state index contributed by atoms with van der Waals surface area (Å²) in [6.45, 7) is -0.608. The molecule has 1 saturated heterocycles. The van der Waals surface area contributed by atoms with Crippen molar-refractivity contribution in [1.82, 2.24) is 14.8 Å². The second-order valence-electron chi connectivity index (χ2n) is 8.85. The molecule has 12 heteroatoms. The molecule has 6 N–H and O–H groups in total. The highest BCUT2D eigenvalue weighted by molar-refractivity contribution is 5.87. The molecule has 1 aliphatic rings. The molecule has 202 valence electrons. The Labute approximate surface area is 221 Å². The number of nitrogens with zero attached hydrogens (tertiary/aromatic N) is 3. The molecule has 3 aromatic carbocycles. The summed E-state index contributed by atoms with van der Waals surface area (Å²) < 4.78 is 12.8. The second kappa shape index (κ2) is 10.8. The van der Waals surface area contributed by atoms with Gasteiger partial charge in [-0.2, -0.15) is 0 Å². The van der Waals surface area contributed by atoms with Crippen LogP contribution in [0.4, 0.5) is 0 Å². The van der Waals surface area contributed by atoms with E-state index >= 15 is 0 Å². The summed E-state index contributed by atoms with van der Waals surface area (Å²) in [7, 11) is 0. The average molecular weight is 536 g/mol. The third kappa shape index (κ3) is 5.06. The SMILES string of the molecule is O=C(O)c1ccc(-n2nc(-c3ccccc3O[C@@H]3O[C@H](CO)[C@H](O)[C@H](O)[C@H]3O)nc2-c2ccccc2O)cc1. The van der Waals surface area contributed by atoms with Crippen molar-refractivity contribution in [2.75, 3.05) is 6.61 Å². The molecule has 12 nitrogen and oxygen atoms in total. The lowest BCUT2D eigenvalue weighted by Crippen LogP contribution is -2.60. The Balaban J connectivity index is 1.57. The number of aliphatic hydroxyl groups excluding tert-OH is 4. The molecular weight excluding hydrogens is 510 g/mol. The summed E-state index contributed by atoms with van der Waals surface area (Å²) in [5, 5.41) is 64.5. The van der Waals surface area contributed by atoms with Crippen molar-refractivity contribution in [2.24, 2.45) is 0 Å². The first-order valence-electron chi connectivity index (χ1n) is 11.9. The highest BCUT2D eigenvalue weighted by Gasteiger charge is 2.45. The Morgan fingerprint density at radius 2 is 1.56 bits per heavy atom. The van der Waals surface area contributed by atoms with Crippen molar-refractivity contribution in [1.29, 1.82) is 0 Å². The molecule has 39 heavy (non-hydrogen) atoms. The van der Waals surface area contributed by atoms with Crippen LogP contribution < -0.4 is 4.74 Å². The van der Waals surface area contributed by atoms with E-state index in [4.69, 9.17) is 9.47 Å². The van der Waals surface area contributed by atoms with E-state index in [1.54, 1.807) is 54.6 Å². The molecule has 5 atom stereocenters. The number of aliphatic hydroxyl groups is 4. The quantitative estimate of drug-likeness (QED) is 0.199. The molecule has 0 radical (unpaired) electrons. The molecule has 0 bridgehead atoms. The lowest BCUT2D eigenvalue weighted by molar-refractivity contribution is -0.277. The third-order valence-electron chi connectivity index (χ3n) is 6.33. The van der Waals surface area contributed by atoms with Crippen molar-refractivity contribution in [3.63, 3.8) is 0 Å². The van der Waals surface area contributed by atoms with Gasteiger partial charge in [0.05, 0.1) is 29.0 Å². The van der Waals surface area contributed by atoms with Crippen LogP contribution in [0.5, 0.6) is 11.5 Å². The number of hydrogen-bond donors (Lipinski definition) is 6. The highest BCUT2D eigenvalue weighted by atomic mass is 16.7. The van der Waals surface area contributed by atoms with Crippen LogP contribution in [0.15, 0.2) is 72.8 Å². The first-order chi connectivity index (χ1) is 18.8. The Kier molecular flexibility index (Phi) is 7.28. The molecule has 0 spiro atoms. The van der Waals surface area contributed by atoms with Crippen LogP contribution in [0.1, 0.15) is 10.4 Å². The first-order valence-corrected chi connectivity index (χ1v) is 11.9. The van der Waals surface area contributed by atoms with E-state index in [-0.39, 0.29) is 28.7 Å². The fourth-order valence-corrected chi connectivity index (χ4v) is 4.23. The number of carboxylic acids is 1. The standard InChI is InChI=1S/C27H25N3O9/c31-13-20-21(33)22(34)23(35)27(39-20)38-19-8-4-2-6-17(19)24-28-25(16-5-1-3-7-18(16)32)30(29-24)15-11-9-14(10-12-15)26(36)37/h1-12,20-23,27,31-35H,13H2,(H,36,37)/t20-,21+,22+,23-,27-/m1/s1. The molecule has 5 rings (SSSR count). The smallest absolute Gasteiger partial charge is 0.335 e. The van der Waals surface area contributed by atoms with Gasteiger partial charge in [-0.15, -0.1) is 5.10 Å². The largest absolute Gasteiger partial charge is 0.507 e. The van der Waals surface area contributed by atoms with Gasteiger partial charge in [0, 0.05) is 0 Å². The summed E-state index contributed by atoms with van der Waals surface area (Å²) in [6.07, 6.45) is -7.35. The summed E-state index contributed by atoms with van der Waals surface area (Å²) in [5.41, 5.74) is 1.30. The number of carbonyl (C=O) groups is 1. The van der Waals surface area contributed by atoms with Gasteiger partial charge in [0.2, 0.25) is 6.29 Å². The molecular formula is C27H25N3O9. The molecule has 0 unspecified atom stereocenters. The van der Waals surface area contributed by atoms with E-state index in [0.29, 0.717) is 16.8 Å². The van der Waals surface area contributed by atoms with Crippen molar-refractivity contribution in [2.45, 2.75) is 30.7 Å². The average Bonchev–Trinajstić information content (AvgIpc) is 3.39. The zero-order chi connectivity index (χ0) is 27.7. The number of hydrogen-bond acceptors (Lipinski definition) is 10. The van der Waals surface area contributed by atoms with Crippen LogP contribution in [0, 0.1) is 0 Å². The van der Waals surface area contributed by atoms with Crippen LogP contribution in [0.25, 0.3) is 28.5 Å². The van der Waals surface area contributed by atoms with E-state index in [9.17, 15) is 35.4 Å². The van der Waals surface area contributed by atoms with Crippen molar-refractivity contribution in [3.05, 3.63) is 78.4 Å². The van der Waals surface area contributed by atoms with Gasteiger partial charge in [0.25, 0.3) is 0 Å². The van der Waals surface area contributed by atoms with Gasteiger partial charge in [0.15, 0.2) is 11.6 Å². The number of para-hydroxylation sites is 2. The fraction of sp³-hybridized carbons (Fsp3) is 0.222. The third-order valence-corrected chi connectivity index (χ3v) is 6.33. The summed E-state index contributed by atoms with van der Waals surface area (Å²) in [5.74, 6) is -0.541. The minimum absolute atomic E-state index is 0.0503. The van der Waals surface area contributed by atoms with Crippen LogP contribution in [0.2, 0.25) is 0 Å². The van der Waals surface area contributed by atoms with Gasteiger partial charge in [-0.25, -0.2) is 14.5 Å². The van der Waals surface area contributed by atoms with Gasteiger partial charge in [-0.1, -0.05) is 24.3 Å². The number of phenols is 1. The molecule has 0 saturated carbocycles. The molecule has 4 aromatic rings. The fourth-order valence-electron chi connectivity index (χ4n) is 4.23. The normalized spacial score (nSPS) is 22.9. The minimum Gasteiger partial charge on any atom is -0.507 e. The van der Waals surface area contributed by atoms with Gasteiger partial charge in [-0.3, -0.25) is 0 Å². The summed E-state index contributed by atoms with van der Waals surface area (Å²) in [6, 6.07) is 19.1. The number of phenolic OH excluding ortho intramolecular Hbond substituents is 1. The maximum Gasteiger partial charge on any atom is 0.335 e. The molecule has 2 heterocycles. The maximum absolute atomic E-state index is 11.3. The van der Waals surface area contributed by atoms with Crippen molar-refractivity contribution < 1.29 is 44.9 Å². The van der Waals surface area contributed by atoms with Crippen LogP contribution in [-0.4, -0.2) is 88.7 Å². The number of aromatic nitrogens is 3. The van der Waals surface area contributed by atoms with Crippen molar-refractivity contribution >= 4 is 5.97 Å². The van der Waals surface area contributed by atoms with Gasteiger partial charge < -0.3 is 40.1 Å². The lowest BCUT2D eigenvalue weighted by Gasteiger charge is -2.39. The monoisotopic (exact) mass is 535 g/mol. The maximum atomic E-state index is 11.3. The Bertz CT molecular complexity index is 1470. The number of carboxylic acid groups (broad SMARTS) is 1. The first kappa shape index (κ1) is 26.3. The van der Waals surface area contributed by atoms with Gasteiger partial charge >= 0.3 is 5.97 Å². The van der Waals surface area contributed by atoms with Gasteiger partial charge in [0.1, 0.15) is 35.9 Å². The van der Waals surface area contributed by atoms with E-state index in [1.165, 1.54) is 22.9 Å². The minimum atomic E-state index is -1.62. The molecule has 1 aromatic heterocycles. The zero-order valence-electron chi connectivity index (χ0n) is 20.3. The Morgan fingerprint density at radius 3 is 2.23 bits per heavy atom. The Hall–Kier alpha value is -4.33. The van der Waals surface area contributed by atoms with Crippen LogP contribution >= 0.6 is 0 Å². The van der Waals surface area contributed by atoms with E-state index in [1.807, 2.05) is 0 Å². The number of aromatic carboxylic acids is 1. The van der Waals surface area contributed by atoms with E-state index < -0.39 is 43.3 Å². The highest BCUT2D eigenvalue weighted by Crippen LogP contribution is 2.35. The molecule has 0 amide bonds. The van der Waals surface area contributed by atoms with E-state index in [2.05, 4.69) is 10.1 Å². The lowest BCUT2D eigenvalue weighted by atomic mass is 9.99. The van der Waals surface area contributed by atoms with Crippen LogP contribution in [0.3, 0.4) is 0 Å². The summed E-state index contributed by atoms with van der Waals surface area (Å²) >= 11 is 0. The van der Waals surface area contributed by atoms with Crippen LogP contribution in [-0.2, 0) is 4.74 Å². The second-order valence-corrected chi connectivity index (χ2v) is 8.85. The van der Waals surface area contributed by atoms with Gasteiger partial charge in [-0.05, 0) is 48.5 Å². The predicted molar refractivity (Wildman–Crippen MR) is 135 cm³/mol. The number of benzene rings is 3. The molecule has 1 aliphatic heterocycles. The topological polar surface area (TPSA) is 188 Å². The van der Waals surface area contributed by atoms with Crippen molar-refractivity contribution in [3.8, 4) is 40.0 Å². The van der Waals surface area contributed by atoms with E-state index in [0.717, 1.165) is 0 Å². The summed E-state index contributed by atoms with van der Waals surface area (Å²) in [4.78, 5) is 16.0. The number of aromatic hydroxyl groups is 1. The Morgan fingerprint density at radius 1 is 0.897 bits per heavy atom.